The van der Waals surface area contributed by atoms with E-state index in [1.54, 1.807) is 30.5 Å². The Kier molecular flexibility index (Phi) is 4.94. The van der Waals surface area contributed by atoms with Crippen LogP contribution in [0.3, 0.4) is 0 Å². The molecule has 0 fully saturated rings. The van der Waals surface area contributed by atoms with E-state index in [1.165, 1.54) is 0 Å². The molecule has 4 nitrogen and oxygen atoms in total. The molecule has 1 atom stereocenters. The fourth-order valence-electron chi connectivity index (χ4n) is 1.97. The van der Waals surface area contributed by atoms with Gasteiger partial charge in [-0.15, -0.1) is 0 Å². The molecule has 0 saturated carbocycles. The first-order valence-electron chi connectivity index (χ1n) is 6.72. The van der Waals surface area contributed by atoms with Gasteiger partial charge in [-0.3, -0.25) is 4.79 Å². The number of hydrogen-bond donors (Lipinski definition) is 1. The molecule has 0 spiro atoms. The Labute approximate surface area is 129 Å². The van der Waals surface area contributed by atoms with E-state index >= 15 is 0 Å². The summed E-state index contributed by atoms with van der Waals surface area (Å²) in [7, 11) is 1.98. The molecule has 0 radical (unpaired) electrons. The van der Waals surface area contributed by atoms with Crippen LogP contribution in [0.5, 0.6) is 0 Å². The van der Waals surface area contributed by atoms with Crippen LogP contribution >= 0.6 is 11.6 Å². The van der Waals surface area contributed by atoms with Gasteiger partial charge in [0.05, 0.1) is 5.56 Å². The Bertz CT molecular complexity index is 628. The van der Waals surface area contributed by atoms with E-state index in [1.807, 2.05) is 19.2 Å². The number of carbonyl (C=O) groups excluding carboxylic acids is 1. The van der Waals surface area contributed by atoms with Gasteiger partial charge in [-0.2, -0.15) is 0 Å². The smallest absolute Gasteiger partial charge is 0.196 e. The zero-order chi connectivity index (χ0) is 15.4. The maximum atomic E-state index is 12.4. The molecule has 5 heteroatoms. The molecule has 0 saturated heterocycles. The van der Waals surface area contributed by atoms with Crippen LogP contribution in [0.25, 0.3) is 0 Å². The first-order valence-corrected chi connectivity index (χ1v) is 7.10. The van der Waals surface area contributed by atoms with Gasteiger partial charge in [0.15, 0.2) is 5.78 Å². The molecule has 1 unspecified atom stereocenters. The SMILES string of the molecule is CC(CN)N(C)c1ccc(C(=O)c2cccnc2Cl)cc1. The van der Waals surface area contributed by atoms with Crippen molar-refractivity contribution in [1.82, 2.24) is 4.98 Å². The third-order valence-corrected chi connectivity index (χ3v) is 3.84. The van der Waals surface area contributed by atoms with Crippen molar-refractivity contribution < 1.29 is 4.79 Å². The van der Waals surface area contributed by atoms with E-state index in [0.717, 1.165) is 5.69 Å². The van der Waals surface area contributed by atoms with Crippen molar-refractivity contribution in [2.24, 2.45) is 5.73 Å². The third kappa shape index (κ3) is 3.40. The summed E-state index contributed by atoms with van der Waals surface area (Å²) in [4.78, 5) is 18.4. The molecule has 1 aromatic heterocycles. The second kappa shape index (κ2) is 6.70. The molecule has 110 valence electrons. The highest BCUT2D eigenvalue weighted by Crippen LogP contribution is 2.20. The van der Waals surface area contributed by atoms with Crippen LogP contribution in [-0.4, -0.2) is 30.4 Å². The summed E-state index contributed by atoms with van der Waals surface area (Å²) < 4.78 is 0. The van der Waals surface area contributed by atoms with Crippen molar-refractivity contribution in [3.63, 3.8) is 0 Å². The number of likely N-dealkylation sites (N-methyl/N-ethyl adjacent to an activating group) is 1. The maximum absolute atomic E-state index is 12.4. The number of nitrogens with two attached hydrogens (primary N) is 1. The van der Waals surface area contributed by atoms with Crippen LogP contribution in [0.15, 0.2) is 42.6 Å². The number of halogens is 1. The second-order valence-electron chi connectivity index (χ2n) is 4.91. The fourth-order valence-corrected chi connectivity index (χ4v) is 2.18. The van der Waals surface area contributed by atoms with Crippen LogP contribution < -0.4 is 10.6 Å². The van der Waals surface area contributed by atoms with E-state index in [4.69, 9.17) is 17.3 Å². The predicted octanol–water partition coefficient (Wildman–Crippen LogP) is 2.75. The minimum absolute atomic E-state index is 0.130. The Morgan fingerprint density at radius 2 is 2.00 bits per heavy atom. The van der Waals surface area contributed by atoms with Gasteiger partial charge in [0.1, 0.15) is 5.15 Å². The number of benzene rings is 1. The van der Waals surface area contributed by atoms with Crippen molar-refractivity contribution >= 4 is 23.1 Å². The second-order valence-corrected chi connectivity index (χ2v) is 5.27. The van der Waals surface area contributed by atoms with Gasteiger partial charge in [0.25, 0.3) is 0 Å². The quantitative estimate of drug-likeness (QED) is 0.681. The lowest BCUT2D eigenvalue weighted by Crippen LogP contribution is -2.35. The van der Waals surface area contributed by atoms with Crippen molar-refractivity contribution in [1.29, 1.82) is 0 Å². The number of ketones is 1. The zero-order valence-corrected chi connectivity index (χ0v) is 12.8. The number of aromatic nitrogens is 1. The van der Waals surface area contributed by atoms with Gasteiger partial charge in [0, 0.05) is 37.1 Å². The number of nitrogens with zero attached hydrogens (tertiary/aromatic N) is 2. The minimum Gasteiger partial charge on any atom is -0.371 e. The third-order valence-electron chi connectivity index (χ3n) is 3.54. The average Bonchev–Trinajstić information content (AvgIpc) is 2.53. The molecule has 0 bridgehead atoms. The van der Waals surface area contributed by atoms with Crippen molar-refractivity contribution in [3.05, 3.63) is 58.9 Å². The van der Waals surface area contributed by atoms with E-state index in [2.05, 4.69) is 16.8 Å². The van der Waals surface area contributed by atoms with Crippen LogP contribution in [0.1, 0.15) is 22.8 Å². The van der Waals surface area contributed by atoms with Gasteiger partial charge in [-0.05, 0) is 43.3 Å². The van der Waals surface area contributed by atoms with E-state index < -0.39 is 0 Å². The number of hydrogen-bond acceptors (Lipinski definition) is 4. The van der Waals surface area contributed by atoms with Gasteiger partial charge in [-0.1, -0.05) is 11.6 Å². The Hall–Kier alpha value is -1.91. The van der Waals surface area contributed by atoms with Crippen molar-refractivity contribution in [2.75, 3.05) is 18.5 Å². The normalized spacial score (nSPS) is 12.0. The lowest BCUT2D eigenvalue weighted by molar-refractivity contribution is 0.103. The number of carbonyl (C=O) groups is 1. The largest absolute Gasteiger partial charge is 0.371 e. The van der Waals surface area contributed by atoms with Crippen molar-refractivity contribution in [2.45, 2.75) is 13.0 Å². The maximum Gasteiger partial charge on any atom is 0.196 e. The molecule has 1 aromatic carbocycles. The summed E-state index contributed by atoms with van der Waals surface area (Å²) in [6.45, 7) is 2.62. The lowest BCUT2D eigenvalue weighted by Gasteiger charge is -2.25. The molecule has 1 heterocycles. The molecular formula is C16H18ClN3O. The molecule has 2 aromatic rings. The summed E-state index contributed by atoms with van der Waals surface area (Å²) in [5, 5.41) is 0.223. The summed E-state index contributed by atoms with van der Waals surface area (Å²) in [5.41, 5.74) is 7.68. The summed E-state index contributed by atoms with van der Waals surface area (Å²) in [5.74, 6) is -0.130. The molecule has 21 heavy (non-hydrogen) atoms. The monoisotopic (exact) mass is 303 g/mol. The average molecular weight is 304 g/mol. The Balaban J connectivity index is 2.23. The van der Waals surface area contributed by atoms with Crippen molar-refractivity contribution in [3.8, 4) is 0 Å². The molecule has 0 aliphatic heterocycles. The van der Waals surface area contributed by atoms with Gasteiger partial charge >= 0.3 is 0 Å². The molecule has 0 aliphatic rings. The van der Waals surface area contributed by atoms with Gasteiger partial charge < -0.3 is 10.6 Å². The molecule has 0 amide bonds. The zero-order valence-electron chi connectivity index (χ0n) is 12.1. The van der Waals surface area contributed by atoms with Crippen LogP contribution in [0.2, 0.25) is 5.15 Å². The van der Waals surface area contributed by atoms with Gasteiger partial charge in [0.2, 0.25) is 0 Å². The van der Waals surface area contributed by atoms with Crippen LogP contribution in [0, 0.1) is 0 Å². The fraction of sp³-hybridized carbons (Fsp3) is 0.250. The van der Waals surface area contributed by atoms with E-state index in [9.17, 15) is 4.79 Å². The summed E-state index contributed by atoms with van der Waals surface area (Å²) >= 11 is 5.96. The molecule has 2 rings (SSSR count). The molecule has 0 aliphatic carbocycles. The Morgan fingerprint density at radius 3 is 2.57 bits per heavy atom. The van der Waals surface area contributed by atoms with E-state index in [0.29, 0.717) is 17.7 Å². The number of pyridine rings is 1. The van der Waals surface area contributed by atoms with E-state index in [-0.39, 0.29) is 17.0 Å². The summed E-state index contributed by atoms with van der Waals surface area (Å²) in [6, 6.07) is 11.0. The molecular weight excluding hydrogens is 286 g/mol. The highest BCUT2D eigenvalue weighted by Gasteiger charge is 2.14. The van der Waals surface area contributed by atoms with Crippen LogP contribution in [0.4, 0.5) is 5.69 Å². The first kappa shape index (κ1) is 15.5. The minimum atomic E-state index is -0.130. The number of rotatable bonds is 5. The summed E-state index contributed by atoms with van der Waals surface area (Å²) in [6.07, 6.45) is 1.56. The predicted molar refractivity (Wildman–Crippen MR) is 86.0 cm³/mol. The molecule has 2 N–H and O–H groups in total. The Morgan fingerprint density at radius 1 is 1.33 bits per heavy atom. The van der Waals surface area contributed by atoms with Crippen LogP contribution in [-0.2, 0) is 0 Å². The lowest BCUT2D eigenvalue weighted by atomic mass is 10.0. The van der Waals surface area contributed by atoms with Gasteiger partial charge in [-0.25, -0.2) is 4.98 Å². The highest BCUT2D eigenvalue weighted by molar-refractivity contribution is 6.33. The highest BCUT2D eigenvalue weighted by atomic mass is 35.5. The standard InChI is InChI=1S/C16H18ClN3O/c1-11(10-18)20(2)13-7-5-12(6-8-13)15(21)14-4-3-9-19-16(14)17/h3-9,11H,10,18H2,1-2H3. The first-order chi connectivity index (χ1) is 10.0. The number of anilines is 1. The topological polar surface area (TPSA) is 59.2 Å².